The fraction of sp³-hybridized carbons (Fsp3) is 0.375. The van der Waals surface area contributed by atoms with Gasteiger partial charge in [0.05, 0.1) is 12.0 Å². The van der Waals surface area contributed by atoms with Crippen LogP contribution in [0.1, 0.15) is 50.5 Å². The molecule has 1 aromatic heterocycles. The van der Waals surface area contributed by atoms with Crippen molar-refractivity contribution >= 4 is 17.3 Å². The number of hydrogen-bond donors (Lipinski definition) is 1. The van der Waals surface area contributed by atoms with Gasteiger partial charge in [-0.15, -0.1) is 10.2 Å². The SMILES string of the molecule is CC(C)Oc1ccc(-c2ccc(-c3nnc([C@H]4CC[C@H](C(=O)O)CC4)s3)cc2)cc1. The van der Waals surface area contributed by atoms with Gasteiger partial charge in [0.25, 0.3) is 0 Å². The summed E-state index contributed by atoms with van der Waals surface area (Å²) >= 11 is 1.63. The van der Waals surface area contributed by atoms with Crippen LogP contribution in [0.15, 0.2) is 48.5 Å². The highest BCUT2D eigenvalue weighted by molar-refractivity contribution is 7.14. The third kappa shape index (κ3) is 4.70. The van der Waals surface area contributed by atoms with Crippen LogP contribution >= 0.6 is 11.3 Å². The van der Waals surface area contributed by atoms with Gasteiger partial charge in [0.2, 0.25) is 0 Å². The minimum atomic E-state index is -0.673. The molecule has 0 unspecified atom stereocenters. The molecule has 0 saturated heterocycles. The van der Waals surface area contributed by atoms with Crippen LogP contribution in [0.5, 0.6) is 5.75 Å². The van der Waals surface area contributed by atoms with Crippen LogP contribution < -0.4 is 4.74 Å². The minimum Gasteiger partial charge on any atom is -0.491 e. The molecule has 1 N–H and O–H groups in total. The first-order chi connectivity index (χ1) is 14.5. The smallest absolute Gasteiger partial charge is 0.306 e. The molecule has 0 bridgehead atoms. The van der Waals surface area contributed by atoms with E-state index >= 15 is 0 Å². The number of carboxylic acid groups (broad SMARTS) is 1. The molecule has 0 aliphatic heterocycles. The van der Waals surface area contributed by atoms with E-state index in [0.29, 0.717) is 5.92 Å². The van der Waals surface area contributed by atoms with Crippen LogP contribution in [0.25, 0.3) is 21.7 Å². The molecule has 5 nitrogen and oxygen atoms in total. The Bertz CT molecular complexity index is 988. The van der Waals surface area contributed by atoms with E-state index in [2.05, 4.69) is 46.6 Å². The first-order valence-electron chi connectivity index (χ1n) is 10.4. The highest BCUT2D eigenvalue weighted by Crippen LogP contribution is 2.38. The molecule has 30 heavy (non-hydrogen) atoms. The normalized spacial score (nSPS) is 19.0. The summed E-state index contributed by atoms with van der Waals surface area (Å²) in [4.78, 5) is 11.1. The van der Waals surface area contributed by atoms with Crippen molar-refractivity contribution in [1.82, 2.24) is 10.2 Å². The Kier molecular flexibility index (Phi) is 6.13. The minimum absolute atomic E-state index is 0.166. The fourth-order valence-corrected chi connectivity index (χ4v) is 4.92. The number of benzene rings is 2. The van der Waals surface area contributed by atoms with E-state index in [1.165, 1.54) is 0 Å². The van der Waals surface area contributed by atoms with Gasteiger partial charge < -0.3 is 9.84 Å². The average Bonchev–Trinajstić information content (AvgIpc) is 3.24. The van der Waals surface area contributed by atoms with Crippen LogP contribution in [0.4, 0.5) is 0 Å². The molecule has 0 amide bonds. The van der Waals surface area contributed by atoms with Crippen molar-refractivity contribution < 1.29 is 14.6 Å². The molecule has 6 heteroatoms. The lowest BCUT2D eigenvalue weighted by Gasteiger charge is -2.23. The van der Waals surface area contributed by atoms with Crippen LogP contribution in [0.2, 0.25) is 0 Å². The number of carbonyl (C=O) groups is 1. The molecule has 0 spiro atoms. The van der Waals surface area contributed by atoms with Gasteiger partial charge in [0, 0.05) is 11.5 Å². The van der Waals surface area contributed by atoms with Crippen LogP contribution in [-0.2, 0) is 4.79 Å². The molecular weight excluding hydrogens is 396 g/mol. The second kappa shape index (κ2) is 8.96. The summed E-state index contributed by atoms with van der Waals surface area (Å²) < 4.78 is 5.71. The first kappa shape index (κ1) is 20.5. The molecule has 0 atom stereocenters. The maximum Gasteiger partial charge on any atom is 0.306 e. The molecule has 1 fully saturated rings. The largest absolute Gasteiger partial charge is 0.491 e. The molecule has 156 valence electrons. The molecule has 0 radical (unpaired) electrons. The van der Waals surface area contributed by atoms with Gasteiger partial charge in [-0.1, -0.05) is 47.7 Å². The van der Waals surface area contributed by atoms with Crippen molar-refractivity contribution in [3.63, 3.8) is 0 Å². The topological polar surface area (TPSA) is 72.3 Å². The second-order valence-electron chi connectivity index (χ2n) is 8.10. The number of nitrogens with zero attached hydrogens (tertiary/aromatic N) is 2. The number of rotatable bonds is 6. The number of aromatic nitrogens is 2. The second-order valence-corrected chi connectivity index (χ2v) is 9.11. The van der Waals surface area contributed by atoms with Gasteiger partial charge in [-0.05, 0) is 62.8 Å². The molecule has 1 aliphatic rings. The first-order valence-corrected chi connectivity index (χ1v) is 11.2. The fourth-order valence-electron chi connectivity index (χ4n) is 3.91. The number of hydrogen-bond acceptors (Lipinski definition) is 5. The van der Waals surface area contributed by atoms with Gasteiger partial charge in [0.15, 0.2) is 0 Å². The number of ether oxygens (including phenoxy) is 1. The Hall–Kier alpha value is -2.73. The Morgan fingerprint density at radius 3 is 2.07 bits per heavy atom. The third-order valence-electron chi connectivity index (χ3n) is 5.56. The average molecular weight is 423 g/mol. The highest BCUT2D eigenvalue weighted by Gasteiger charge is 2.28. The van der Waals surface area contributed by atoms with Gasteiger partial charge in [-0.25, -0.2) is 0 Å². The van der Waals surface area contributed by atoms with E-state index in [0.717, 1.165) is 58.1 Å². The van der Waals surface area contributed by atoms with Crippen LogP contribution in [-0.4, -0.2) is 27.4 Å². The van der Waals surface area contributed by atoms with Gasteiger partial charge in [0.1, 0.15) is 15.8 Å². The quantitative estimate of drug-likeness (QED) is 0.526. The summed E-state index contributed by atoms with van der Waals surface area (Å²) in [5.74, 6) is 0.336. The van der Waals surface area contributed by atoms with E-state index in [-0.39, 0.29) is 12.0 Å². The predicted octanol–water partition coefficient (Wildman–Crippen LogP) is 6.02. The summed E-state index contributed by atoms with van der Waals surface area (Å²) in [5.41, 5.74) is 3.35. The maximum atomic E-state index is 11.1. The van der Waals surface area contributed by atoms with Crippen molar-refractivity contribution in [1.29, 1.82) is 0 Å². The summed E-state index contributed by atoms with van der Waals surface area (Å²) in [6.07, 6.45) is 3.37. The van der Waals surface area contributed by atoms with Crippen molar-refractivity contribution in [3.05, 3.63) is 53.5 Å². The van der Waals surface area contributed by atoms with E-state index in [9.17, 15) is 4.79 Å². The predicted molar refractivity (Wildman–Crippen MR) is 119 cm³/mol. The zero-order chi connectivity index (χ0) is 21.1. The standard InChI is InChI=1S/C24H26N2O3S/c1-15(2)29-21-13-11-17(12-14-21)16-3-5-18(6-4-16)22-25-26-23(30-22)19-7-9-20(10-8-19)24(27)28/h3-6,11-15,19-20H,7-10H2,1-2H3,(H,27,28)/t19-,20-. The maximum absolute atomic E-state index is 11.1. The Labute approximate surface area is 180 Å². The van der Waals surface area contributed by atoms with Crippen molar-refractivity contribution in [2.75, 3.05) is 0 Å². The van der Waals surface area contributed by atoms with E-state index in [1.807, 2.05) is 26.0 Å². The third-order valence-corrected chi connectivity index (χ3v) is 6.69. The lowest BCUT2D eigenvalue weighted by atomic mass is 9.82. The molecule has 1 heterocycles. The molecule has 4 rings (SSSR count). The van der Waals surface area contributed by atoms with Crippen molar-refractivity contribution in [2.24, 2.45) is 5.92 Å². The zero-order valence-electron chi connectivity index (χ0n) is 17.2. The summed E-state index contributed by atoms with van der Waals surface area (Å²) in [6.45, 7) is 4.04. The van der Waals surface area contributed by atoms with Gasteiger partial charge in [-0.3, -0.25) is 4.79 Å². The molecule has 1 saturated carbocycles. The highest BCUT2D eigenvalue weighted by atomic mass is 32.1. The summed E-state index contributed by atoms with van der Waals surface area (Å²) in [6, 6.07) is 16.5. The Morgan fingerprint density at radius 1 is 0.933 bits per heavy atom. The lowest BCUT2D eigenvalue weighted by molar-refractivity contribution is -0.142. The molecular formula is C24H26N2O3S. The van der Waals surface area contributed by atoms with Crippen LogP contribution in [0, 0.1) is 5.92 Å². The lowest BCUT2D eigenvalue weighted by Crippen LogP contribution is -2.20. The number of aliphatic carboxylic acids is 1. The molecule has 1 aliphatic carbocycles. The van der Waals surface area contributed by atoms with E-state index in [1.54, 1.807) is 11.3 Å². The molecule has 3 aromatic rings. The van der Waals surface area contributed by atoms with Crippen LogP contribution in [0.3, 0.4) is 0 Å². The Balaban J connectivity index is 1.43. The molecule has 2 aromatic carbocycles. The van der Waals surface area contributed by atoms with Gasteiger partial charge in [-0.2, -0.15) is 0 Å². The number of carboxylic acids is 1. The van der Waals surface area contributed by atoms with E-state index in [4.69, 9.17) is 9.84 Å². The van der Waals surface area contributed by atoms with E-state index < -0.39 is 5.97 Å². The monoisotopic (exact) mass is 422 g/mol. The van der Waals surface area contributed by atoms with Crippen molar-refractivity contribution in [3.8, 4) is 27.4 Å². The zero-order valence-corrected chi connectivity index (χ0v) is 18.1. The summed E-state index contributed by atoms with van der Waals surface area (Å²) in [7, 11) is 0. The van der Waals surface area contributed by atoms with Crippen molar-refractivity contribution in [2.45, 2.75) is 51.6 Å². The Morgan fingerprint density at radius 2 is 1.50 bits per heavy atom. The summed E-state index contributed by atoms with van der Waals surface area (Å²) in [5, 5.41) is 19.9. The van der Waals surface area contributed by atoms with Gasteiger partial charge >= 0.3 is 5.97 Å².